The standard InChI is InChI=1S/C57H94O28S/c1-21(2)16-26(59)19-57(9,71)34-11-10-29-28-18-32(31-17-27(85-86(72,73)74)12-14-55(31,7)30(28)13-15-56(29,34)8)79-52-45(70)47(38(63)25(6)77-52)82-54-49(84-51-43(68)40(65)36(61)23(4)76-51)44(69)46(33(20-58)80-54)81-53-48(41(66)37(62)24(5)78-53)83-50-42(67)39(64)35(60)22(3)75-50/h13,21-25,27-29,31-54,58,60-71H,10-12,14-20H2,1-9H3,(H,72,73,74)/t22-,23-,24-,25-,27-,28?,29?,31?,32+,33-,34+,35+,36-,37-,38-,39+,40+,41+,42-,43-,44+,45-,46-,47+,48-,49-,50+,51+,52+,53+,54+,55-,56+,57-/m1/s1. The quantitative estimate of drug-likeness (QED) is 0.0507. The maximum atomic E-state index is 13.2. The van der Waals surface area contributed by atoms with Gasteiger partial charge < -0.3 is 114 Å². The summed E-state index contributed by atoms with van der Waals surface area (Å²) in [6.07, 6.45) is -39.1. The lowest BCUT2D eigenvalue weighted by Crippen LogP contribution is -2.68. The SMILES string of the molecule is CC(C)CC(=O)C[C@@](C)(O)[C@H]1CCC2C3C[C@H](O[C@@H]4O[C@H](C)[C@@H](O)[C@H](O[C@@H]5O[C@H](CO)[C@@H](O[C@@H]6O[C@H](C)[C@@H](O)[C@H](O)[C@H]6O[C@@H]6O[C@H](C)[C@H](O)[C@H](O)[C@H]6O)[C@H](O)[C@H]5O[C@@H]5O[C@H](C)[C@@H](O)[C@H](O)[C@H]5O)[C@H]4O)C4C[C@H](OS(=O)(=O)O)CC[C@]4(C)C3=CC[C@@]21C. The second kappa shape index (κ2) is 26.4. The molecule has 5 saturated heterocycles. The molecule has 29 heteroatoms. The van der Waals surface area contributed by atoms with E-state index in [0.29, 0.717) is 38.5 Å². The zero-order valence-electron chi connectivity index (χ0n) is 50.0. The van der Waals surface area contributed by atoms with E-state index in [4.69, 9.17) is 51.6 Å². The van der Waals surface area contributed by atoms with Crippen LogP contribution in [0.25, 0.3) is 0 Å². The van der Waals surface area contributed by atoms with Gasteiger partial charge in [-0.25, -0.2) is 4.18 Å². The van der Waals surface area contributed by atoms with Crippen molar-refractivity contribution in [1.82, 2.24) is 0 Å². The van der Waals surface area contributed by atoms with Crippen molar-refractivity contribution in [3.63, 3.8) is 0 Å². The number of rotatable bonds is 18. The molecule has 14 N–H and O–H groups in total. The molecule has 4 aliphatic carbocycles. The Labute approximate surface area is 500 Å². The van der Waals surface area contributed by atoms with Crippen LogP contribution in [0, 0.1) is 40.4 Å². The highest BCUT2D eigenvalue weighted by Gasteiger charge is 2.64. The fourth-order valence-electron chi connectivity index (χ4n) is 16.0. The average molecular weight is 1260 g/mol. The van der Waals surface area contributed by atoms with Crippen LogP contribution >= 0.6 is 0 Å². The lowest BCUT2D eigenvalue weighted by Gasteiger charge is -2.60. The minimum absolute atomic E-state index is 0.00419. The number of carbonyl (C=O) groups excluding carboxylic acids is 1. The van der Waals surface area contributed by atoms with Gasteiger partial charge in [0.2, 0.25) is 0 Å². The Hall–Kier alpha value is -1.64. The Balaban J connectivity index is 1.00. The smallest absolute Gasteiger partial charge is 0.394 e. The normalized spacial score (nSPS) is 51.7. The van der Waals surface area contributed by atoms with Crippen LogP contribution < -0.4 is 0 Å². The summed E-state index contributed by atoms with van der Waals surface area (Å²) in [4.78, 5) is 13.2. The highest BCUT2D eigenvalue weighted by Crippen LogP contribution is 2.67. The third kappa shape index (κ3) is 13.4. The minimum atomic E-state index is -4.90. The Morgan fingerprint density at radius 1 is 0.616 bits per heavy atom. The Morgan fingerprint density at radius 3 is 1.67 bits per heavy atom. The van der Waals surface area contributed by atoms with Gasteiger partial charge in [-0.2, -0.15) is 8.42 Å². The summed E-state index contributed by atoms with van der Waals surface area (Å²) in [5, 5.41) is 147. The van der Waals surface area contributed by atoms with Crippen molar-refractivity contribution in [2.24, 2.45) is 40.4 Å². The first-order valence-electron chi connectivity index (χ1n) is 30.3. The second-order valence-corrected chi connectivity index (χ2v) is 28.1. The first-order valence-corrected chi connectivity index (χ1v) is 31.7. The summed E-state index contributed by atoms with van der Waals surface area (Å²) in [7, 11) is -4.90. The van der Waals surface area contributed by atoms with Crippen molar-refractivity contribution in [3.05, 3.63) is 11.6 Å². The molecule has 0 amide bonds. The van der Waals surface area contributed by atoms with Crippen molar-refractivity contribution >= 4 is 16.2 Å². The van der Waals surface area contributed by atoms with Crippen molar-refractivity contribution in [2.45, 2.75) is 291 Å². The van der Waals surface area contributed by atoms with E-state index in [0.717, 1.165) is 5.57 Å². The van der Waals surface area contributed by atoms with Crippen molar-refractivity contribution in [2.75, 3.05) is 6.61 Å². The number of hydrogen-bond donors (Lipinski definition) is 14. The molecule has 3 unspecified atom stereocenters. The van der Waals surface area contributed by atoms with Crippen LogP contribution in [0.4, 0.5) is 0 Å². The van der Waals surface area contributed by atoms with E-state index < -0.39 is 205 Å². The average Bonchev–Trinajstić information content (AvgIpc) is 1.32. The topological polar surface area (TPSA) is 436 Å². The van der Waals surface area contributed by atoms with Gasteiger partial charge in [0.15, 0.2) is 31.5 Å². The van der Waals surface area contributed by atoms with Gasteiger partial charge in [0, 0.05) is 12.8 Å². The molecule has 0 aromatic heterocycles. The molecule has 34 atom stereocenters. The molecule has 8 fully saturated rings. The fraction of sp³-hybridized carbons (Fsp3) is 0.947. The third-order valence-corrected chi connectivity index (χ3v) is 21.1. The molecule has 5 aliphatic heterocycles. The van der Waals surface area contributed by atoms with Crippen molar-refractivity contribution in [1.29, 1.82) is 0 Å². The van der Waals surface area contributed by atoms with E-state index >= 15 is 0 Å². The molecule has 0 spiro atoms. The van der Waals surface area contributed by atoms with E-state index in [2.05, 4.69) is 19.9 Å². The number of allylic oxidation sites excluding steroid dienone is 2. The van der Waals surface area contributed by atoms with E-state index in [1.54, 1.807) is 6.92 Å². The molecule has 3 saturated carbocycles. The van der Waals surface area contributed by atoms with Gasteiger partial charge in [0.05, 0.1) is 48.8 Å². The largest absolute Gasteiger partial charge is 0.397 e. The highest BCUT2D eigenvalue weighted by molar-refractivity contribution is 7.80. The van der Waals surface area contributed by atoms with E-state index in [9.17, 15) is 84.1 Å². The van der Waals surface area contributed by atoms with Crippen LogP contribution in [0.3, 0.4) is 0 Å². The first kappa shape index (κ1) is 68.7. The van der Waals surface area contributed by atoms with Crippen LogP contribution in [0.2, 0.25) is 0 Å². The lowest BCUT2D eigenvalue weighted by molar-refractivity contribution is -0.408. The number of fused-ring (bicyclic) bond motifs is 5. The number of carbonyl (C=O) groups is 1. The number of ether oxygens (including phenoxy) is 10. The first-order chi connectivity index (χ1) is 40.1. The summed E-state index contributed by atoms with van der Waals surface area (Å²) in [5.41, 5.74) is -1.30. The van der Waals surface area contributed by atoms with Crippen LogP contribution in [-0.2, 0) is 66.7 Å². The monoisotopic (exact) mass is 1260 g/mol. The molecule has 0 aromatic carbocycles. The van der Waals surface area contributed by atoms with Crippen molar-refractivity contribution in [3.8, 4) is 0 Å². The van der Waals surface area contributed by atoms with Gasteiger partial charge in [0.1, 0.15) is 103 Å². The van der Waals surface area contributed by atoms with Crippen LogP contribution in [0.15, 0.2) is 11.6 Å². The number of hydrogen-bond acceptors (Lipinski definition) is 27. The van der Waals surface area contributed by atoms with Crippen molar-refractivity contribution < 1.29 is 136 Å². The highest BCUT2D eigenvalue weighted by atomic mass is 32.3. The molecular formula is C57H94O28S. The Bertz CT molecular complexity index is 2460. The summed E-state index contributed by atoms with van der Waals surface area (Å²) in [5.74, 6) is -0.861. The van der Waals surface area contributed by atoms with Gasteiger partial charge in [0.25, 0.3) is 0 Å². The van der Waals surface area contributed by atoms with Gasteiger partial charge in [-0.1, -0.05) is 39.3 Å². The zero-order chi connectivity index (χ0) is 63.2. The second-order valence-electron chi connectivity index (χ2n) is 27.1. The molecule has 0 bridgehead atoms. The fourth-order valence-corrected chi connectivity index (χ4v) is 16.5. The van der Waals surface area contributed by atoms with Gasteiger partial charge >= 0.3 is 10.4 Å². The number of aliphatic hydroxyl groups excluding tert-OH is 12. The zero-order valence-corrected chi connectivity index (χ0v) is 50.8. The third-order valence-electron chi connectivity index (χ3n) is 20.6. The summed E-state index contributed by atoms with van der Waals surface area (Å²) >= 11 is 0. The van der Waals surface area contributed by atoms with Gasteiger partial charge in [-0.05, 0) is 120 Å². The van der Waals surface area contributed by atoms with Crippen LogP contribution in [-0.4, -0.2) is 263 Å². The molecule has 0 aromatic rings. The molecule has 496 valence electrons. The number of Topliss-reactive ketones (excluding diaryl/α,β-unsaturated/α-hetero) is 1. The number of aliphatic hydroxyl groups is 13. The minimum Gasteiger partial charge on any atom is -0.394 e. The lowest BCUT2D eigenvalue weighted by atomic mass is 9.47. The predicted molar refractivity (Wildman–Crippen MR) is 290 cm³/mol. The Kier molecular flexibility index (Phi) is 21.1. The molecular weight excluding hydrogens is 1160 g/mol. The molecule has 28 nitrogen and oxygen atoms in total. The molecule has 86 heavy (non-hydrogen) atoms. The molecule has 9 rings (SSSR count). The Morgan fingerprint density at radius 2 is 1.12 bits per heavy atom. The van der Waals surface area contributed by atoms with Gasteiger partial charge in [-0.3, -0.25) is 9.35 Å². The van der Waals surface area contributed by atoms with Crippen LogP contribution in [0.1, 0.15) is 120 Å². The van der Waals surface area contributed by atoms with E-state index in [1.807, 2.05) is 13.8 Å². The van der Waals surface area contributed by atoms with E-state index in [-0.39, 0.29) is 48.7 Å². The summed E-state index contributed by atoms with van der Waals surface area (Å²) in [6.45, 7) is 14.5. The van der Waals surface area contributed by atoms with Gasteiger partial charge in [-0.15, -0.1) is 0 Å². The van der Waals surface area contributed by atoms with E-state index in [1.165, 1.54) is 27.7 Å². The molecule has 0 radical (unpaired) electrons. The van der Waals surface area contributed by atoms with Crippen LogP contribution in [0.5, 0.6) is 0 Å². The molecule has 9 aliphatic rings. The maximum absolute atomic E-state index is 13.2. The summed E-state index contributed by atoms with van der Waals surface area (Å²) < 4.78 is 101. The maximum Gasteiger partial charge on any atom is 0.397 e. The predicted octanol–water partition coefficient (Wildman–Crippen LogP) is -2.29. The number of ketones is 1. The molecule has 5 heterocycles. The summed E-state index contributed by atoms with van der Waals surface area (Å²) in [6, 6.07) is 0.